The summed E-state index contributed by atoms with van der Waals surface area (Å²) in [5.41, 5.74) is 1.40. The maximum Gasteiger partial charge on any atom is 0.364 e. The van der Waals surface area contributed by atoms with Crippen LogP contribution in [0.1, 0.15) is 17.4 Å². The molecule has 0 fully saturated rings. The highest BCUT2D eigenvalue weighted by atomic mass is 32.1. The summed E-state index contributed by atoms with van der Waals surface area (Å²) in [4.78, 5) is 25.7. The normalized spacial score (nSPS) is 10.7. The van der Waals surface area contributed by atoms with E-state index in [9.17, 15) is 4.79 Å². The predicted molar refractivity (Wildman–Crippen MR) is 103 cm³/mol. The molecule has 2 aromatic heterocycles. The molecule has 134 valence electrons. The topological polar surface area (TPSA) is 74.2 Å². The number of ether oxygens (including phenoxy) is 2. The van der Waals surface area contributed by atoms with Crippen molar-refractivity contribution in [3.63, 3.8) is 0 Å². The Morgan fingerprint density at radius 1 is 1.00 bits per heavy atom. The van der Waals surface area contributed by atoms with Crippen molar-refractivity contribution in [2.24, 2.45) is 0 Å². The molecule has 0 N–H and O–H groups in total. The van der Waals surface area contributed by atoms with Crippen LogP contribution < -0.4 is 9.47 Å². The van der Waals surface area contributed by atoms with Gasteiger partial charge in [-0.1, -0.05) is 12.1 Å². The van der Waals surface area contributed by atoms with Crippen molar-refractivity contribution in [2.45, 2.75) is 6.92 Å². The monoisotopic (exact) mass is 377 g/mol. The predicted octanol–water partition coefficient (Wildman–Crippen LogP) is 4.37. The molecule has 0 amide bonds. The Bertz CT molecular complexity index is 1060. The molecule has 0 aliphatic heterocycles. The lowest BCUT2D eigenvalue weighted by molar-refractivity contribution is 0.0729. The van der Waals surface area contributed by atoms with Gasteiger partial charge in [-0.2, -0.15) is 0 Å². The number of hydrogen-bond donors (Lipinski definition) is 0. The van der Waals surface area contributed by atoms with Gasteiger partial charge in [0.1, 0.15) is 22.2 Å². The van der Waals surface area contributed by atoms with Crippen molar-refractivity contribution in [1.82, 2.24) is 15.0 Å². The Morgan fingerprint density at radius 2 is 1.74 bits per heavy atom. The van der Waals surface area contributed by atoms with Gasteiger partial charge in [0.05, 0.1) is 16.8 Å². The summed E-state index contributed by atoms with van der Waals surface area (Å²) in [5.74, 6) is 0.540. The molecule has 2 aromatic carbocycles. The van der Waals surface area contributed by atoms with Gasteiger partial charge in [-0.25, -0.2) is 19.7 Å². The van der Waals surface area contributed by atoms with E-state index in [2.05, 4.69) is 15.0 Å². The van der Waals surface area contributed by atoms with E-state index in [-0.39, 0.29) is 5.69 Å². The number of aromatic nitrogens is 3. The zero-order valence-corrected chi connectivity index (χ0v) is 15.3. The zero-order valence-electron chi connectivity index (χ0n) is 14.5. The molecule has 0 atom stereocenters. The largest absolute Gasteiger partial charge is 0.494 e. The van der Waals surface area contributed by atoms with Gasteiger partial charge < -0.3 is 9.47 Å². The van der Waals surface area contributed by atoms with Crippen LogP contribution in [0.2, 0.25) is 0 Å². The molecule has 2 heterocycles. The van der Waals surface area contributed by atoms with Gasteiger partial charge in [0.15, 0.2) is 5.69 Å². The van der Waals surface area contributed by atoms with E-state index in [1.165, 1.54) is 23.7 Å². The molecule has 0 saturated heterocycles. The first-order valence-corrected chi connectivity index (χ1v) is 9.18. The Labute approximate surface area is 159 Å². The molecule has 0 unspecified atom stereocenters. The summed E-state index contributed by atoms with van der Waals surface area (Å²) in [7, 11) is 0. The molecule has 0 aliphatic carbocycles. The SMILES string of the molecule is CCOc1ccc(OC(=O)c2nccnc2-c2nc3ccccc3s2)cc1. The Hall–Kier alpha value is -3.32. The first-order chi connectivity index (χ1) is 13.2. The summed E-state index contributed by atoms with van der Waals surface area (Å²) < 4.78 is 11.9. The van der Waals surface area contributed by atoms with Gasteiger partial charge in [0, 0.05) is 12.4 Å². The summed E-state index contributed by atoms with van der Waals surface area (Å²) in [6.07, 6.45) is 3.00. The van der Waals surface area contributed by atoms with E-state index in [0.717, 1.165) is 10.2 Å². The summed E-state index contributed by atoms with van der Waals surface area (Å²) in [5, 5.41) is 0.628. The Morgan fingerprint density at radius 3 is 2.52 bits per heavy atom. The Balaban J connectivity index is 1.63. The van der Waals surface area contributed by atoms with Crippen molar-refractivity contribution in [1.29, 1.82) is 0 Å². The first kappa shape index (κ1) is 17.1. The summed E-state index contributed by atoms with van der Waals surface area (Å²) in [6.45, 7) is 2.48. The minimum atomic E-state index is -0.582. The number of para-hydroxylation sites is 1. The number of thiazole rings is 1. The maximum atomic E-state index is 12.7. The molecule has 4 rings (SSSR count). The van der Waals surface area contributed by atoms with Crippen molar-refractivity contribution < 1.29 is 14.3 Å². The fourth-order valence-electron chi connectivity index (χ4n) is 2.54. The van der Waals surface area contributed by atoms with E-state index in [1.807, 2.05) is 31.2 Å². The van der Waals surface area contributed by atoms with Gasteiger partial charge in [-0.05, 0) is 43.3 Å². The number of nitrogens with zero attached hydrogens (tertiary/aromatic N) is 3. The average molecular weight is 377 g/mol. The summed E-state index contributed by atoms with van der Waals surface area (Å²) in [6, 6.07) is 14.6. The average Bonchev–Trinajstić information content (AvgIpc) is 3.14. The van der Waals surface area contributed by atoms with Crippen LogP contribution in [0.5, 0.6) is 11.5 Å². The third kappa shape index (κ3) is 3.63. The highest BCUT2D eigenvalue weighted by Crippen LogP contribution is 2.30. The zero-order chi connectivity index (χ0) is 18.6. The second-order valence-corrected chi connectivity index (χ2v) is 6.56. The van der Waals surface area contributed by atoms with Crippen molar-refractivity contribution in [3.8, 4) is 22.2 Å². The van der Waals surface area contributed by atoms with Crippen LogP contribution in [-0.2, 0) is 0 Å². The van der Waals surface area contributed by atoms with Gasteiger partial charge in [-0.15, -0.1) is 11.3 Å². The Kier molecular flexibility index (Phi) is 4.76. The molecule has 0 radical (unpaired) electrons. The molecular weight excluding hydrogens is 362 g/mol. The smallest absolute Gasteiger partial charge is 0.364 e. The molecule has 0 aliphatic rings. The lowest BCUT2D eigenvalue weighted by Gasteiger charge is -2.07. The van der Waals surface area contributed by atoms with Crippen LogP contribution >= 0.6 is 11.3 Å². The van der Waals surface area contributed by atoms with Gasteiger partial charge in [-0.3, -0.25) is 0 Å². The first-order valence-electron chi connectivity index (χ1n) is 8.36. The lowest BCUT2D eigenvalue weighted by Crippen LogP contribution is -2.13. The lowest BCUT2D eigenvalue weighted by atomic mass is 10.3. The number of esters is 1. The highest BCUT2D eigenvalue weighted by Gasteiger charge is 2.20. The van der Waals surface area contributed by atoms with E-state index in [1.54, 1.807) is 24.3 Å². The molecule has 0 spiro atoms. The van der Waals surface area contributed by atoms with Crippen molar-refractivity contribution in [3.05, 3.63) is 66.6 Å². The van der Waals surface area contributed by atoms with Crippen LogP contribution in [0.25, 0.3) is 20.9 Å². The van der Waals surface area contributed by atoms with Crippen molar-refractivity contribution in [2.75, 3.05) is 6.61 Å². The van der Waals surface area contributed by atoms with Crippen LogP contribution in [-0.4, -0.2) is 27.5 Å². The second-order valence-electron chi connectivity index (χ2n) is 5.53. The van der Waals surface area contributed by atoms with Gasteiger partial charge in [0.25, 0.3) is 0 Å². The van der Waals surface area contributed by atoms with Crippen LogP contribution in [0.4, 0.5) is 0 Å². The fraction of sp³-hybridized carbons (Fsp3) is 0.100. The van der Waals surface area contributed by atoms with Crippen molar-refractivity contribution >= 4 is 27.5 Å². The van der Waals surface area contributed by atoms with Crippen LogP contribution in [0.15, 0.2) is 60.9 Å². The maximum absolute atomic E-state index is 12.7. The minimum Gasteiger partial charge on any atom is -0.494 e. The summed E-state index contributed by atoms with van der Waals surface area (Å²) >= 11 is 1.46. The molecule has 27 heavy (non-hydrogen) atoms. The quantitative estimate of drug-likeness (QED) is 0.380. The molecule has 0 bridgehead atoms. The van der Waals surface area contributed by atoms with Crippen LogP contribution in [0, 0.1) is 0 Å². The third-order valence-corrected chi connectivity index (χ3v) is 4.78. The molecular formula is C20H15N3O3S. The minimum absolute atomic E-state index is 0.130. The van der Waals surface area contributed by atoms with E-state index < -0.39 is 5.97 Å². The molecule has 7 heteroatoms. The fourth-order valence-corrected chi connectivity index (χ4v) is 3.51. The van der Waals surface area contributed by atoms with Gasteiger partial charge in [0.2, 0.25) is 0 Å². The number of carbonyl (C=O) groups excluding carboxylic acids is 1. The number of fused-ring (bicyclic) bond motifs is 1. The third-order valence-electron chi connectivity index (χ3n) is 3.73. The number of benzene rings is 2. The van der Waals surface area contributed by atoms with E-state index in [0.29, 0.717) is 28.8 Å². The molecule has 6 nitrogen and oxygen atoms in total. The van der Waals surface area contributed by atoms with E-state index in [4.69, 9.17) is 9.47 Å². The number of carbonyl (C=O) groups is 1. The second kappa shape index (κ2) is 7.51. The van der Waals surface area contributed by atoms with E-state index >= 15 is 0 Å². The standard InChI is InChI=1S/C20H15N3O3S/c1-2-25-13-7-9-14(10-8-13)26-20(24)18-17(21-11-12-22-18)19-23-15-5-3-4-6-16(15)27-19/h3-12H,2H2,1H3. The molecule has 4 aromatic rings. The van der Waals surface area contributed by atoms with Gasteiger partial charge >= 0.3 is 5.97 Å². The van der Waals surface area contributed by atoms with Crippen LogP contribution in [0.3, 0.4) is 0 Å². The number of hydrogen-bond acceptors (Lipinski definition) is 7. The highest BCUT2D eigenvalue weighted by molar-refractivity contribution is 7.21. The number of rotatable bonds is 5. The molecule has 0 saturated carbocycles.